The van der Waals surface area contributed by atoms with E-state index in [1.165, 1.54) is 15.3 Å². The molecule has 152 valence electrons. The zero-order chi connectivity index (χ0) is 21.3. The van der Waals surface area contributed by atoms with E-state index in [-0.39, 0.29) is 24.6 Å². The van der Waals surface area contributed by atoms with E-state index in [2.05, 4.69) is 26.3 Å². The summed E-state index contributed by atoms with van der Waals surface area (Å²) >= 11 is 3.43. The first-order valence-corrected chi connectivity index (χ1v) is 10.1. The van der Waals surface area contributed by atoms with E-state index in [1.807, 2.05) is 49.4 Å². The van der Waals surface area contributed by atoms with Crippen molar-refractivity contribution in [2.75, 3.05) is 5.32 Å². The molecule has 4 rings (SSSR count). The minimum atomic E-state index is -0.390. The average Bonchev–Trinajstić information content (AvgIpc) is 3.13. The number of carbonyl (C=O) groups excluding carboxylic acids is 1. The van der Waals surface area contributed by atoms with E-state index in [0.29, 0.717) is 16.9 Å². The molecule has 2 heterocycles. The summed E-state index contributed by atoms with van der Waals surface area (Å²) in [5.41, 5.74) is 3.30. The number of hydrogen-bond acceptors (Lipinski definition) is 4. The maximum atomic E-state index is 13.0. The van der Waals surface area contributed by atoms with Crippen LogP contribution in [-0.4, -0.2) is 25.2 Å². The summed E-state index contributed by atoms with van der Waals surface area (Å²) in [7, 11) is 0. The summed E-state index contributed by atoms with van der Waals surface area (Å²) in [6, 6.07) is 14.8. The number of benzene rings is 2. The number of aryl methyl sites for hydroxylation is 1. The quantitative estimate of drug-likeness (QED) is 0.471. The van der Waals surface area contributed by atoms with Gasteiger partial charge in [-0.15, -0.1) is 0 Å². The Bertz CT molecular complexity index is 1300. The Kier molecular flexibility index (Phi) is 5.52. The van der Waals surface area contributed by atoms with Crippen LogP contribution in [0.25, 0.3) is 16.8 Å². The van der Waals surface area contributed by atoms with Crippen LogP contribution in [0.1, 0.15) is 11.1 Å². The molecule has 2 aromatic heterocycles. The summed E-state index contributed by atoms with van der Waals surface area (Å²) in [6.07, 6.45) is 3.13. The summed E-state index contributed by atoms with van der Waals surface area (Å²) < 4.78 is 3.71. The topological polar surface area (TPSA) is 88.6 Å². The first-order valence-electron chi connectivity index (χ1n) is 9.31. The van der Waals surface area contributed by atoms with Gasteiger partial charge in [0.15, 0.2) is 0 Å². The first kappa shape index (κ1) is 20.1. The molecule has 1 amide bonds. The molecule has 30 heavy (non-hydrogen) atoms. The SMILES string of the molecule is Cc1cc(NC(=O)Cn2ccn3nc(-c4ccccc4)c(CO)c3c2=O)ccc1Br. The second-order valence-electron chi connectivity index (χ2n) is 6.89. The Balaban J connectivity index is 1.67. The van der Waals surface area contributed by atoms with E-state index in [0.717, 1.165) is 15.6 Å². The molecule has 0 spiro atoms. The first-order chi connectivity index (χ1) is 14.5. The van der Waals surface area contributed by atoms with Crippen molar-refractivity contribution in [3.8, 4) is 11.3 Å². The standard InChI is InChI=1S/C22H19BrN4O3/c1-14-11-16(7-8-18(14)23)24-19(29)12-26-9-10-27-21(22(26)30)17(13-28)20(25-27)15-5-3-2-4-6-15/h2-11,28H,12-13H2,1H3,(H,24,29). The molecule has 0 saturated heterocycles. The van der Waals surface area contributed by atoms with E-state index in [4.69, 9.17) is 0 Å². The number of halogens is 1. The minimum absolute atomic E-state index is 0.152. The van der Waals surface area contributed by atoms with Crippen molar-refractivity contribution in [3.63, 3.8) is 0 Å². The van der Waals surface area contributed by atoms with Gasteiger partial charge < -0.3 is 15.0 Å². The molecule has 0 aliphatic rings. The third-order valence-electron chi connectivity index (χ3n) is 4.82. The lowest BCUT2D eigenvalue weighted by Gasteiger charge is -2.09. The van der Waals surface area contributed by atoms with Crippen molar-refractivity contribution >= 4 is 33.0 Å². The van der Waals surface area contributed by atoms with Crippen LogP contribution < -0.4 is 10.9 Å². The van der Waals surface area contributed by atoms with Crippen molar-refractivity contribution in [1.29, 1.82) is 0 Å². The van der Waals surface area contributed by atoms with Gasteiger partial charge in [-0.1, -0.05) is 46.3 Å². The van der Waals surface area contributed by atoms with Gasteiger partial charge in [-0.25, -0.2) is 4.52 Å². The normalized spacial score (nSPS) is 11.0. The number of fused-ring (bicyclic) bond motifs is 1. The number of rotatable bonds is 5. The lowest BCUT2D eigenvalue weighted by atomic mass is 10.1. The van der Waals surface area contributed by atoms with Gasteiger partial charge >= 0.3 is 0 Å². The van der Waals surface area contributed by atoms with Gasteiger partial charge in [-0.3, -0.25) is 9.59 Å². The van der Waals surface area contributed by atoms with E-state index < -0.39 is 5.56 Å². The maximum Gasteiger partial charge on any atom is 0.277 e. The average molecular weight is 467 g/mol. The molecule has 2 N–H and O–H groups in total. The lowest BCUT2D eigenvalue weighted by molar-refractivity contribution is -0.116. The minimum Gasteiger partial charge on any atom is -0.392 e. The van der Waals surface area contributed by atoms with Gasteiger partial charge in [0.25, 0.3) is 5.56 Å². The molecule has 8 heteroatoms. The van der Waals surface area contributed by atoms with Crippen LogP contribution in [0.15, 0.2) is 70.2 Å². The Hall–Kier alpha value is -3.23. The molecule has 0 bridgehead atoms. The van der Waals surface area contributed by atoms with Crippen molar-refractivity contribution in [2.45, 2.75) is 20.1 Å². The van der Waals surface area contributed by atoms with Gasteiger partial charge in [-0.2, -0.15) is 5.10 Å². The lowest BCUT2D eigenvalue weighted by Crippen LogP contribution is -2.28. The maximum absolute atomic E-state index is 13.0. The molecule has 0 fully saturated rings. The second-order valence-corrected chi connectivity index (χ2v) is 7.74. The molecule has 0 atom stereocenters. The summed E-state index contributed by atoms with van der Waals surface area (Å²) in [4.78, 5) is 25.5. The van der Waals surface area contributed by atoms with Crippen LogP contribution in [0.2, 0.25) is 0 Å². The number of amides is 1. The largest absolute Gasteiger partial charge is 0.392 e. The highest BCUT2D eigenvalue weighted by atomic mass is 79.9. The van der Waals surface area contributed by atoms with Crippen molar-refractivity contribution in [1.82, 2.24) is 14.2 Å². The Morgan fingerprint density at radius 3 is 2.63 bits per heavy atom. The van der Waals surface area contributed by atoms with Crippen molar-refractivity contribution in [3.05, 3.63) is 86.9 Å². The predicted molar refractivity (Wildman–Crippen MR) is 118 cm³/mol. The fraction of sp³-hybridized carbons (Fsp3) is 0.136. The van der Waals surface area contributed by atoms with Crippen LogP contribution in [-0.2, 0) is 17.9 Å². The van der Waals surface area contributed by atoms with E-state index >= 15 is 0 Å². The Morgan fingerprint density at radius 1 is 1.17 bits per heavy atom. The van der Waals surface area contributed by atoms with Gasteiger partial charge in [0.05, 0.1) is 12.3 Å². The molecule has 7 nitrogen and oxygen atoms in total. The number of hydrogen-bond donors (Lipinski definition) is 2. The monoisotopic (exact) mass is 466 g/mol. The van der Waals surface area contributed by atoms with Crippen LogP contribution in [0.5, 0.6) is 0 Å². The molecule has 2 aromatic carbocycles. The third-order valence-corrected chi connectivity index (χ3v) is 5.71. The molecular formula is C22H19BrN4O3. The molecule has 0 aliphatic carbocycles. The van der Waals surface area contributed by atoms with Crippen LogP contribution in [0.3, 0.4) is 0 Å². The van der Waals surface area contributed by atoms with Crippen LogP contribution in [0.4, 0.5) is 5.69 Å². The number of nitrogens with one attached hydrogen (secondary N) is 1. The Labute approximate surface area is 180 Å². The van der Waals surface area contributed by atoms with Gasteiger partial charge in [0.1, 0.15) is 12.1 Å². The fourth-order valence-corrected chi connectivity index (χ4v) is 3.58. The van der Waals surface area contributed by atoms with E-state index in [9.17, 15) is 14.7 Å². The smallest absolute Gasteiger partial charge is 0.277 e. The second kappa shape index (κ2) is 8.25. The third kappa shape index (κ3) is 3.79. The zero-order valence-electron chi connectivity index (χ0n) is 16.2. The van der Waals surface area contributed by atoms with Crippen molar-refractivity contribution in [2.24, 2.45) is 0 Å². The number of nitrogens with zero attached hydrogens (tertiary/aromatic N) is 3. The molecule has 0 aliphatic heterocycles. The Morgan fingerprint density at radius 2 is 1.93 bits per heavy atom. The highest BCUT2D eigenvalue weighted by Gasteiger charge is 2.18. The number of anilines is 1. The van der Waals surface area contributed by atoms with Crippen LogP contribution >= 0.6 is 15.9 Å². The molecule has 0 radical (unpaired) electrons. The summed E-state index contributed by atoms with van der Waals surface area (Å²) in [6.45, 7) is 1.44. The number of carbonyl (C=O) groups is 1. The van der Waals surface area contributed by atoms with Gasteiger partial charge in [-0.05, 0) is 30.7 Å². The van der Waals surface area contributed by atoms with Crippen LogP contribution in [0, 0.1) is 6.92 Å². The van der Waals surface area contributed by atoms with Gasteiger partial charge in [0, 0.05) is 33.7 Å². The molecule has 0 saturated carbocycles. The van der Waals surface area contributed by atoms with E-state index in [1.54, 1.807) is 12.3 Å². The molecule has 0 unspecified atom stereocenters. The van der Waals surface area contributed by atoms with Gasteiger partial charge in [0.2, 0.25) is 5.91 Å². The van der Waals surface area contributed by atoms with Crippen molar-refractivity contribution < 1.29 is 9.90 Å². The summed E-state index contributed by atoms with van der Waals surface area (Å²) in [5.74, 6) is -0.323. The molecular weight excluding hydrogens is 448 g/mol. The predicted octanol–water partition coefficient (Wildman–Crippen LogP) is 3.36. The fourth-order valence-electron chi connectivity index (χ4n) is 3.33. The highest BCUT2D eigenvalue weighted by Crippen LogP contribution is 2.24. The number of aliphatic hydroxyl groups is 1. The zero-order valence-corrected chi connectivity index (χ0v) is 17.8. The summed E-state index contributed by atoms with van der Waals surface area (Å²) in [5, 5.41) is 17.2. The number of aromatic nitrogens is 3. The highest BCUT2D eigenvalue weighted by molar-refractivity contribution is 9.10. The molecule has 4 aromatic rings. The number of aliphatic hydroxyl groups excluding tert-OH is 1.